The highest BCUT2D eigenvalue weighted by atomic mass is 79.9. The molecule has 0 amide bonds. The lowest BCUT2D eigenvalue weighted by molar-refractivity contribution is 0.0848. The summed E-state index contributed by atoms with van der Waals surface area (Å²) in [6.45, 7) is 5.79. The van der Waals surface area contributed by atoms with E-state index in [2.05, 4.69) is 45.2 Å². The van der Waals surface area contributed by atoms with E-state index in [0.717, 1.165) is 22.0 Å². The zero-order valence-corrected chi connectivity index (χ0v) is 13.5. The molecular formula is C15H20BrClN2. The zero-order valence-electron chi connectivity index (χ0n) is 11.2. The first-order valence-corrected chi connectivity index (χ1v) is 8.25. The molecule has 19 heavy (non-hydrogen) atoms. The zero-order chi connectivity index (χ0) is 13.4. The van der Waals surface area contributed by atoms with Gasteiger partial charge in [-0.1, -0.05) is 33.6 Å². The third-order valence-corrected chi connectivity index (χ3v) is 5.45. The number of nitrogens with one attached hydrogen (secondary N) is 1. The van der Waals surface area contributed by atoms with Crippen LogP contribution in [-0.4, -0.2) is 30.6 Å². The van der Waals surface area contributed by atoms with Crippen LogP contribution in [0.15, 0.2) is 22.7 Å². The molecule has 0 aromatic heterocycles. The fourth-order valence-electron chi connectivity index (χ4n) is 3.60. The van der Waals surface area contributed by atoms with E-state index in [9.17, 15) is 0 Å². The van der Waals surface area contributed by atoms with Gasteiger partial charge in [0, 0.05) is 28.1 Å². The Labute approximate surface area is 128 Å². The van der Waals surface area contributed by atoms with Gasteiger partial charge >= 0.3 is 0 Å². The second kappa shape index (κ2) is 5.72. The third kappa shape index (κ3) is 2.71. The maximum absolute atomic E-state index is 6.41. The summed E-state index contributed by atoms with van der Waals surface area (Å²) >= 11 is 9.89. The van der Waals surface area contributed by atoms with Crippen LogP contribution in [0, 0.1) is 5.92 Å². The van der Waals surface area contributed by atoms with E-state index in [-0.39, 0.29) is 0 Å². The van der Waals surface area contributed by atoms with E-state index in [1.165, 1.54) is 31.5 Å². The Bertz CT molecular complexity index is 465. The van der Waals surface area contributed by atoms with E-state index in [1.54, 1.807) is 0 Å². The topological polar surface area (TPSA) is 15.3 Å². The highest BCUT2D eigenvalue weighted by Gasteiger charge is 2.37. The summed E-state index contributed by atoms with van der Waals surface area (Å²) in [7, 11) is 0. The normalized spacial score (nSPS) is 29.2. The first-order chi connectivity index (χ1) is 9.16. The lowest BCUT2D eigenvalue weighted by Crippen LogP contribution is -2.46. The van der Waals surface area contributed by atoms with Crippen molar-refractivity contribution in [3.63, 3.8) is 0 Å². The lowest BCUT2D eigenvalue weighted by atomic mass is 9.90. The van der Waals surface area contributed by atoms with Crippen LogP contribution in [0.2, 0.25) is 5.02 Å². The molecule has 0 aliphatic carbocycles. The predicted molar refractivity (Wildman–Crippen MR) is 83.7 cm³/mol. The third-order valence-electron chi connectivity index (χ3n) is 4.63. The number of piperidine rings is 1. The molecule has 2 heterocycles. The van der Waals surface area contributed by atoms with Crippen molar-refractivity contribution >= 4 is 27.5 Å². The van der Waals surface area contributed by atoms with Gasteiger partial charge in [-0.2, -0.15) is 0 Å². The molecule has 3 unspecified atom stereocenters. The Morgan fingerprint density at radius 2 is 2.26 bits per heavy atom. The van der Waals surface area contributed by atoms with Crippen molar-refractivity contribution < 1.29 is 0 Å². The van der Waals surface area contributed by atoms with Crippen LogP contribution in [0.3, 0.4) is 0 Å². The average Bonchev–Trinajstić information content (AvgIpc) is 2.86. The van der Waals surface area contributed by atoms with Crippen LogP contribution in [0.25, 0.3) is 0 Å². The maximum Gasteiger partial charge on any atom is 0.0464 e. The monoisotopic (exact) mass is 342 g/mol. The molecule has 0 radical (unpaired) electrons. The molecule has 0 spiro atoms. The minimum Gasteiger partial charge on any atom is -0.315 e. The van der Waals surface area contributed by atoms with E-state index in [4.69, 9.17) is 11.6 Å². The van der Waals surface area contributed by atoms with Crippen molar-refractivity contribution in [3.8, 4) is 0 Å². The average molecular weight is 344 g/mol. The molecule has 2 nitrogen and oxygen atoms in total. The summed E-state index contributed by atoms with van der Waals surface area (Å²) in [5, 5.41) is 4.41. The van der Waals surface area contributed by atoms with Gasteiger partial charge < -0.3 is 5.32 Å². The van der Waals surface area contributed by atoms with E-state index < -0.39 is 0 Å². The Balaban J connectivity index is 1.84. The van der Waals surface area contributed by atoms with Crippen molar-refractivity contribution in [1.29, 1.82) is 0 Å². The SMILES string of the molecule is CC(c1ccc(Br)cc1Cl)N1CCCC2CNCC21. The van der Waals surface area contributed by atoms with Gasteiger partial charge in [0.2, 0.25) is 0 Å². The Kier molecular flexibility index (Phi) is 4.18. The molecule has 3 rings (SSSR count). The summed E-state index contributed by atoms with van der Waals surface area (Å²) < 4.78 is 1.05. The van der Waals surface area contributed by atoms with Crippen LogP contribution in [0.5, 0.6) is 0 Å². The van der Waals surface area contributed by atoms with Crippen LogP contribution in [-0.2, 0) is 0 Å². The summed E-state index contributed by atoms with van der Waals surface area (Å²) in [5.41, 5.74) is 1.25. The van der Waals surface area contributed by atoms with E-state index >= 15 is 0 Å². The Morgan fingerprint density at radius 3 is 3.05 bits per heavy atom. The van der Waals surface area contributed by atoms with Gasteiger partial charge in [-0.3, -0.25) is 4.90 Å². The van der Waals surface area contributed by atoms with Gasteiger partial charge in [0.15, 0.2) is 0 Å². The highest BCUT2D eigenvalue weighted by Crippen LogP contribution is 2.36. The number of hydrogen-bond acceptors (Lipinski definition) is 2. The molecule has 1 aromatic rings. The molecular weight excluding hydrogens is 324 g/mol. The number of halogens is 2. The Morgan fingerprint density at radius 1 is 1.42 bits per heavy atom. The van der Waals surface area contributed by atoms with Crippen LogP contribution < -0.4 is 5.32 Å². The van der Waals surface area contributed by atoms with Gasteiger partial charge in [0.1, 0.15) is 0 Å². The predicted octanol–water partition coefficient (Wildman–Crippen LogP) is 3.85. The van der Waals surface area contributed by atoms with E-state index in [0.29, 0.717) is 12.1 Å². The molecule has 2 aliphatic heterocycles. The molecule has 4 heteroatoms. The van der Waals surface area contributed by atoms with Crippen molar-refractivity contribution in [2.45, 2.75) is 31.8 Å². The van der Waals surface area contributed by atoms with Crippen molar-refractivity contribution in [3.05, 3.63) is 33.3 Å². The molecule has 2 fully saturated rings. The van der Waals surface area contributed by atoms with Crippen molar-refractivity contribution in [2.24, 2.45) is 5.92 Å². The number of hydrogen-bond donors (Lipinski definition) is 1. The smallest absolute Gasteiger partial charge is 0.0464 e. The summed E-state index contributed by atoms with van der Waals surface area (Å²) in [6, 6.07) is 7.33. The number of benzene rings is 1. The molecule has 2 saturated heterocycles. The summed E-state index contributed by atoms with van der Waals surface area (Å²) in [6.07, 6.45) is 2.68. The van der Waals surface area contributed by atoms with Crippen LogP contribution >= 0.6 is 27.5 Å². The second-order valence-electron chi connectivity index (χ2n) is 5.71. The molecule has 104 valence electrons. The minimum atomic E-state index is 0.397. The van der Waals surface area contributed by atoms with Gasteiger partial charge in [-0.05, 0) is 56.5 Å². The quantitative estimate of drug-likeness (QED) is 0.877. The van der Waals surface area contributed by atoms with Gasteiger partial charge in [0.05, 0.1) is 0 Å². The first-order valence-electron chi connectivity index (χ1n) is 7.08. The number of rotatable bonds is 2. The first kappa shape index (κ1) is 13.9. The fraction of sp³-hybridized carbons (Fsp3) is 0.600. The molecule has 2 aliphatic rings. The molecule has 0 bridgehead atoms. The fourth-order valence-corrected chi connectivity index (χ4v) is 4.43. The summed E-state index contributed by atoms with van der Waals surface area (Å²) in [4.78, 5) is 2.64. The number of nitrogens with zero attached hydrogens (tertiary/aromatic N) is 1. The molecule has 0 saturated carbocycles. The molecule has 3 atom stereocenters. The van der Waals surface area contributed by atoms with Crippen LogP contribution in [0.1, 0.15) is 31.4 Å². The number of fused-ring (bicyclic) bond motifs is 1. The lowest BCUT2D eigenvalue weighted by Gasteiger charge is -2.41. The Hall–Kier alpha value is -0.0900. The van der Waals surface area contributed by atoms with Crippen LogP contribution in [0.4, 0.5) is 0 Å². The summed E-state index contributed by atoms with van der Waals surface area (Å²) in [5.74, 6) is 0.824. The van der Waals surface area contributed by atoms with E-state index in [1.807, 2.05) is 6.07 Å². The molecule has 1 aromatic carbocycles. The largest absolute Gasteiger partial charge is 0.315 e. The van der Waals surface area contributed by atoms with Gasteiger partial charge in [0.25, 0.3) is 0 Å². The van der Waals surface area contributed by atoms with Gasteiger partial charge in [-0.15, -0.1) is 0 Å². The molecule has 1 N–H and O–H groups in total. The van der Waals surface area contributed by atoms with Crippen molar-refractivity contribution in [2.75, 3.05) is 19.6 Å². The number of likely N-dealkylation sites (tertiary alicyclic amines) is 1. The minimum absolute atomic E-state index is 0.397. The standard InChI is InChI=1S/C15H20BrClN2/c1-10(13-5-4-12(16)7-14(13)17)19-6-2-3-11-8-18-9-15(11)19/h4-5,7,10-11,15,18H,2-3,6,8-9H2,1H3. The maximum atomic E-state index is 6.41. The second-order valence-corrected chi connectivity index (χ2v) is 7.03. The van der Waals surface area contributed by atoms with Gasteiger partial charge in [-0.25, -0.2) is 0 Å². The highest BCUT2D eigenvalue weighted by molar-refractivity contribution is 9.10. The van der Waals surface area contributed by atoms with Crippen molar-refractivity contribution in [1.82, 2.24) is 10.2 Å².